The monoisotopic (exact) mass is 247 g/mol. The van der Waals surface area contributed by atoms with E-state index in [0.29, 0.717) is 5.56 Å². The van der Waals surface area contributed by atoms with Crippen molar-refractivity contribution in [3.63, 3.8) is 0 Å². The maximum absolute atomic E-state index is 13.4. The van der Waals surface area contributed by atoms with Crippen molar-refractivity contribution >= 4 is 18.4 Å². The number of rotatable bonds is 3. The molecule has 0 amide bonds. The Morgan fingerprint density at radius 2 is 2.19 bits per heavy atom. The number of benzene rings is 1. The van der Waals surface area contributed by atoms with Crippen molar-refractivity contribution in [2.75, 3.05) is 7.11 Å². The van der Waals surface area contributed by atoms with E-state index in [1.165, 1.54) is 13.2 Å². The fourth-order valence-corrected chi connectivity index (χ4v) is 1.29. The topological polar surface area (TPSA) is 52.3 Å². The number of methoxy groups -OCH3 is 1. The summed E-state index contributed by atoms with van der Waals surface area (Å²) in [4.78, 5) is 11.0. The minimum Gasteiger partial charge on any atom is -0.468 e. The smallest absolute Gasteiger partial charge is 0.322 e. The van der Waals surface area contributed by atoms with Crippen molar-refractivity contribution in [1.82, 2.24) is 0 Å². The molecule has 0 aliphatic heterocycles. The second kappa shape index (κ2) is 6.45. The fourth-order valence-electron chi connectivity index (χ4n) is 1.29. The predicted octanol–water partition coefficient (Wildman–Crippen LogP) is 1.60. The highest BCUT2D eigenvalue weighted by molar-refractivity contribution is 5.85. The van der Waals surface area contributed by atoms with Crippen molar-refractivity contribution in [1.29, 1.82) is 0 Å². The van der Waals surface area contributed by atoms with Crippen LogP contribution in [0.3, 0.4) is 0 Å². The summed E-state index contributed by atoms with van der Waals surface area (Å²) < 4.78 is 17.8. The highest BCUT2D eigenvalue weighted by Crippen LogP contribution is 2.11. The summed E-state index contributed by atoms with van der Waals surface area (Å²) in [7, 11) is 1.26. The number of aryl methyl sites for hydroxylation is 1. The van der Waals surface area contributed by atoms with E-state index in [9.17, 15) is 9.18 Å². The van der Waals surface area contributed by atoms with Gasteiger partial charge in [0.15, 0.2) is 0 Å². The van der Waals surface area contributed by atoms with Crippen molar-refractivity contribution in [3.05, 3.63) is 35.1 Å². The first-order chi connectivity index (χ1) is 7.04. The summed E-state index contributed by atoms with van der Waals surface area (Å²) in [6.07, 6.45) is 0.152. The summed E-state index contributed by atoms with van der Waals surface area (Å²) in [5.41, 5.74) is 6.79. The van der Waals surface area contributed by atoms with Crippen LogP contribution in [0.2, 0.25) is 0 Å². The van der Waals surface area contributed by atoms with Crippen molar-refractivity contribution < 1.29 is 13.9 Å². The molecule has 0 saturated heterocycles. The molecule has 0 aromatic heterocycles. The van der Waals surface area contributed by atoms with Gasteiger partial charge in [0.1, 0.15) is 11.9 Å². The molecular formula is C11H15ClFNO2. The predicted molar refractivity (Wildman–Crippen MR) is 62.1 cm³/mol. The molecule has 0 heterocycles. The molecule has 90 valence electrons. The van der Waals surface area contributed by atoms with Crippen LogP contribution in [0.15, 0.2) is 18.2 Å². The van der Waals surface area contributed by atoms with E-state index in [4.69, 9.17) is 5.73 Å². The molecule has 5 heteroatoms. The van der Waals surface area contributed by atoms with Gasteiger partial charge in [-0.2, -0.15) is 0 Å². The molecule has 0 saturated carbocycles. The Kier molecular flexibility index (Phi) is 6.00. The molecule has 0 bridgehead atoms. The van der Waals surface area contributed by atoms with Crippen LogP contribution in [-0.4, -0.2) is 19.1 Å². The number of carbonyl (C=O) groups is 1. The number of nitrogens with two attached hydrogens (primary N) is 1. The zero-order valence-electron chi connectivity index (χ0n) is 9.20. The third kappa shape index (κ3) is 3.79. The van der Waals surface area contributed by atoms with E-state index in [2.05, 4.69) is 4.74 Å². The molecule has 0 aliphatic carbocycles. The van der Waals surface area contributed by atoms with Crippen LogP contribution in [0.4, 0.5) is 4.39 Å². The Balaban J connectivity index is 0.00000225. The Labute approximate surface area is 100 Å². The van der Waals surface area contributed by atoms with Gasteiger partial charge in [-0.1, -0.05) is 12.1 Å². The summed E-state index contributed by atoms with van der Waals surface area (Å²) in [6.45, 7) is 1.80. The largest absolute Gasteiger partial charge is 0.468 e. The molecule has 2 N–H and O–H groups in total. The number of carbonyl (C=O) groups excluding carboxylic acids is 1. The van der Waals surface area contributed by atoms with E-state index in [0.717, 1.165) is 5.56 Å². The van der Waals surface area contributed by atoms with Gasteiger partial charge in [0.25, 0.3) is 0 Å². The van der Waals surface area contributed by atoms with Crippen molar-refractivity contribution in [2.45, 2.75) is 19.4 Å². The molecule has 1 aromatic carbocycles. The molecule has 1 aromatic rings. The summed E-state index contributed by atoms with van der Waals surface area (Å²) in [5.74, 6) is -0.871. The normalized spacial score (nSPS) is 11.5. The molecule has 1 rings (SSSR count). The van der Waals surface area contributed by atoms with Crippen LogP contribution in [0.25, 0.3) is 0 Å². The number of ether oxygens (including phenoxy) is 1. The highest BCUT2D eigenvalue weighted by atomic mass is 35.5. The van der Waals surface area contributed by atoms with Gasteiger partial charge in [-0.25, -0.2) is 4.39 Å². The standard InChI is InChI=1S/C11H14FNO2.ClH/c1-7-3-4-8(9(12)5-7)6-10(13)11(14)15-2;/h3-5,10H,6,13H2,1-2H3;1H/t10-;/m0./s1. The van der Waals surface area contributed by atoms with Gasteiger partial charge in [0.05, 0.1) is 7.11 Å². The van der Waals surface area contributed by atoms with E-state index < -0.39 is 12.0 Å². The van der Waals surface area contributed by atoms with Crippen LogP contribution < -0.4 is 5.73 Å². The minimum atomic E-state index is -0.813. The van der Waals surface area contributed by atoms with Crippen LogP contribution in [0.1, 0.15) is 11.1 Å². The number of hydrogen-bond acceptors (Lipinski definition) is 3. The van der Waals surface area contributed by atoms with Gasteiger partial charge in [0, 0.05) is 6.42 Å². The SMILES string of the molecule is COC(=O)[C@@H](N)Cc1ccc(C)cc1F.Cl. The number of hydrogen-bond donors (Lipinski definition) is 1. The fraction of sp³-hybridized carbons (Fsp3) is 0.364. The molecule has 0 fully saturated rings. The summed E-state index contributed by atoms with van der Waals surface area (Å²) >= 11 is 0. The molecule has 0 spiro atoms. The first-order valence-corrected chi connectivity index (χ1v) is 4.63. The lowest BCUT2D eigenvalue weighted by molar-refractivity contribution is -0.142. The molecule has 3 nitrogen and oxygen atoms in total. The molecular weight excluding hydrogens is 233 g/mol. The van der Waals surface area contributed by atoms with Crippen LogP contribution in [0, 0.1) is 12.7 Å². The Bertz CT molecular complexity index is 371. The average Bonchev–Trinajstić information content (AvgIpc) is 2.20. The van der Waals surface area contributed by atoms with Gasteiger partial charge >= 0.3 is 5.97 Å². The van der Waals surface area contributed by atoms with Gasteiger partial charge in [-0.3, -0.25) is 4.79 Å². The third-order valence-electron chi connectivity index (χ3n) is 2.15. The highest BCUT2D eigenvalue weighted by Gasteiger charge is 2.16. The zero-order valence-corrected chi connectivity index (χ0v) is 10.0. The van der Waals surface area contributed by atoms with Crippen molar-refractivity contribution in [3.8, 4) is 0 Å². The maximum atomic E-state index is 13.4. The Hall–Kier alpha value is -1.13. The lowest BCUT2D eigenvalue weighted by Crippen LogP contribution is -2.33. The first-order valence-electron chi connectivity index (χ1n) is 4.63. The number of esters is 1. The molecule has 16 heavy (non-hydrogen) atoms. The van der Waals surface area contributed by atoms with Gasteiger partial charge in [-0.05, 0) is 24.1 Å². The average molecular weight is 248 g/mol. The van der Waals surface area contributed by atoms with Gasteiger partial charge in [0.2, 0.25) is 0 Å². The van der Waals surface area contributed by atoms with Crippen LogP contribution >= 0.6 is 12.4 Å². The minimum absolute atomic E-state index is 0. The molecule has 0 unspecified atom stereocenters. The van der Waals surface area contributed by atoms with Crippen molar-refractivity contribution in [2.24, 2.45) is 5.73 Å². The number of halogens is 2. The Morgan fingerprint density at radius 3 is 2.69 bits per heavy atom. The third-order valence-corrected chi connectivity index (χ3v) is 2.15. The quantitative estimate of drug-likeness (QED) is 0.826. The van der Waals surface area contributed by atoms with E-state index in [1.54, 1.807) is 19.1 Å². The van der Waals surface area contributed by atoms with E-state index in [1.807, 2.05) is 0 Å². The Morgan fingerprint density at radius 1 is 1.56 bits per heavy atom. The molecule has 0 radical (unpaired) electrons. The summed E-state index contributed by atoms with van der Waals surface area (Å²) in [6, 6.07) is 4.02. The summed E-state index contributed by atoms with van der Waals surface area (Å²) in [5, 5.41) is 0. The zero-order chi connectivity index (χ0) is 11.4. The second-order valence-electron chi connectivity index (χ2n) is 3.43. The lowest BCUT2D eigenvalue weighted by atomic mass is 10.0. The van der Waals surface area contributed by atoms with E-state index in [-0.39, 0.29) is 24.6 Å². The maximum Gasteiger partial charge on any atom is 0.322 e. The van der Waals surface area contributed by atoms with Crippen LogP contribution in [-0.2, 0) is 16.0 Å². The molecule has 0 aliphatic rings. The van der Waals surface area contributed by atoms with Gasteiger partial charge in [-0.15, -0.1) is 12.4 Å². The molecule has 1 atom stereocenters. The first kappa shape index (κ1) is 14.9. The van der Waals surface area contributed by atoms with Crippen LogP contribution in [0.5, 0.6) is 0 Å². The van der Waals surface area contributed by atoms with E-state index >= 15 is 0 Å². The lowest BCUT2D eigenvalue weighted by Gasteiger charge is -2.10. The second-order valence-corrected chi connectivity index (χ2v) is 3.43. The van der Waals surface area contributed by atoms with Gasteiger partial charge < -0.3 is 10.5 Å².